The molecule has 0 radical (unpaired) electrons. The summed E-state index contributed by atoms with van der Waals surface area (Å²) in [4.78, 5) is 15.1. The van der Waals surface area contributed by atoms with E-state index in [9.17, 15) is 4.79 Å². The van der Waals surface area contributed by atoms with E-state index in [1.165, 1.54) is 4.90 Å². The maximum Gasteiger partial charge on any atom is 0.233 e. The standard InChI is InChI=1S/C14H22N2OS/c1-5-18-12-8-6-11(7-9-12)16(4)13(17)14(2,3)10-15/h6-9H,5,10,15H2,1-4H3. The minimum Gasteiger partial charge on any atom is -0.329 e. The van der Waals surface area contributed by atoms with E-state index < -0.39 is 5.41 Å². The van der Waals surface area contributed by atoms with Gasteiger partial charge in [-0.3, -0.25) is 4.79 Å². The summed E-state index contributed by atoms with van der Waals surface area (Å²) in [5, 5.41) is 0. The lowest BCUT2D eigenvalue weighted by Crippen LogP contribution is -2.42. The highest BCUT2D eigenvalue weighted by Gasteiger charge is 2.29. The Kier molecular flexibility index (Phi) is 5.23. The van der Waals surface area contributed by atoms with Gasteiger partial charge in [-0.05, 0) is 43.9 Å². The third kappa shape index (κ3) is 3.50. The van der Waals surface area contributed by atoms with E-state index in [0.717, 1.165) is 11.4 Å². The molecule has 0 unspecified atom stereocenters. The molecule has 0 aliphatic rings. The minimum atomic E-state index is -0.522. The summed E-state index contributed by atoms with van der Waals surface area (Å²) in [7, 11) is 1.79. The van der Waals surface area contributed by atoms with Crippen LogP contribution >= 0.6 is 11.8 Å². The van der Waals surface area contributed by atoms with Crippen molar-refractivity contribution >= 4 is 23.4 Å². The SMILES string of the molecule is CCSc1ccc(N(C)C(=O)C(C)(C)CN)cc1. The second-order valence-corrected chi connectivity index (χ2v) is 6.22. The molecule has 0 aliphatic carbocycles. The van der Waals surface area contributed by atoms with E-state index in [0.29, 0.717) is 6.54 Å². The third-order valence-corrected chi connectivity index (χ3v) is 3.82. The number of hydrogen-bond donors (Lipinski definition) is 1. The van der Waals surface area contributed by atoms with Crippen LogP contribution in [0.25, 0.3) is 0 Å². The van der Waals surface area contributed by atoms with Crippen LogP contribution in [-0.4, -0.2) is 25.3 Å². The molecule has 0 aliphatic heterocycles. The molecule has 0 atom stereocenters. The van der Waals surface area contributed by atoms with Gasteiger partial charge in [0.05, 0.1) is 5.41 Å². The van der Waals surface area contributed by atoms with Crippen molar-refractivity contribution in [2.24, 2.45) is 11.1 Å². The smallest absolute Gasteiger partial charge is 0.233 e. The summed E-state index contributed by atoms with van der Waals surface area (Å²) >= 11 is 1.79. The number of anilines is 1. The fourth-order valence-corrected chi connectivity index (χ4v) is 2.25. The van der Waals surface area contributed by atoms with Crippen LogP contribution in [0.15, 0.2) is 29.2 Å². The van der Waals surface area contributed by atoms with Crippen molar-refractivity contribution in [3.63, 3.8) is 0 Å². The van der Waals surface area contributed by atoms with Crippen LogP contribution in [0, 0.1) is 5.41 Å². The van der Waals surface area contributed by atoms with Crippen LogP contribution in [0.3, 0.4) is 0 Å². The molecule has 0 saturated carbocycles. The van der Waals surface area contributed by atoms with Gasteiger partial charge in [0.2, 0.25) is 5.91 Å². The predicted molar refractivity (Wildman–Crippen MR) is 79.1 cm³/mol. The van der Waals surface area contributed by atoms with Crippen molar-refractivity contribution in [2.45, 2.75) is 25.7 Å². The van der Waals surface area contributed by atoms with Crippen LogP contribution in [0.5, 0.6) is 0 Å². The average Bonchev–Trinajstić information content (AvgIpc) is 2.38. The van der Waals surface area contributed by atoms with E-state index in [4.69, 9.17) is 5.73 Å². The van der Waals surface area contributed by atoms with E-state index in [2.05, 4.69) is 6.92 Å². The lowest BCUT2D eigenvalue weighted by Gasteiger charge is -2.28. The number of nitrogens with zero attached hydrogens (tertiary/aromatic N) is 1. The summed E-state index contributed by atoms with van der Waals surface area (Å²) in [6.07, 6.45) is 0. The zero-order valence-corrected chi connectivity index (χ0v) is 12.4. The second kappa shape index (κ2) is 6.25. The van der Waals surface area contributed by atoms with Crippen molar-refractivity contribution < 1.29 is 4.79 Å². The van der Waals surface area contributed by atoms with Gasteiger partial charge in [-0.25, -0.2) is 0 Å². The minimum absolute atomic E-state index is 0.0425. The quantitative estimate of drug-likeness (QED) is 0.834. The van der Waals surface area contributed by atoms with Crippen LogP contribution in [0.4, 0.5) is 5.69 Å². The van der Waals surface area contributed by atoms with Crippen molar-refractivity contribution in [1.29, 1.82) is 0 Å². The normalized spacial score (nSPS) is 11.4. The average molecular weight is 266 g/mol. The Bertz CT molecular complexity index is 401. The Balaban J connectivity index is 2.84. The molecule has 0 bridgehead atoms. The van der Waals surface area contributed by atoms with Crippen molar-refractivity contribution in [2.75, 3.05) is 24.2 Å². The predicted octanol–water partition coefficient (Wildman–Crippen LogP) is 2.75. The molecular weight excluding hydrogens is 244 g/mol. The van der Waals surface area contributed by atoms with Gasteiger partial charge in [0, 0.05) is 24.2 Å². The summed E-state index contributed by atoms with van der Waals surface area (Å²) in [5.41, 5.74) is 6.02. The van der Waals surface area contributed by atoms with Crippen molar-refractivity contribution in [3.8, 4) is 0 Å². The summed E-state index contributed by atoms with van der Waals surface area (Å²) < 4.78 is 0. The monoisotopic (exact) mass is 266 g/mol. The second-order valence-electron chi connectivity index (χ2n) is 4.88. The summed E-state index contributed by atoms with van der Waals surface area (Å²) in [6, 6.07) is 8.04. The topological polar surface area (TPSA) is 46.3 Å². The van der Waals surface area contributed by atoms with Gasteiger partial charge < -0.3 is 10.6 Å². The number of benzene rings is 1. The molecule has 0 heterocycles. The number of hydrogen-bond acceptors (Lipinski definition) is 3. The molecule has 1 rings (SSSR count). The summed E-state index contributed by atoms with van der Waals surface area (Å²) in [5.74, 6) is 1.09. The highest BCUT2D eigenvalue weighted by Crippen LogP contribution is 2.24. The van der Waals surface area contributed by atoms with Crippen LogP contribution in [0.2, 0.25) is 0 Å². The van der Waals surface area contributed by atoms with Gasteiger partial charge in [0.15, 0.2) is 0 Å². The molecule has 1 aromatic carbocycles. The van der Waals surface area contributed by atoms with Gasteiger partial charge in [-0.1, -0.05) is 6.92 Å². The Morgan fingerprint density at radius 1 is 1.33 bits per heavy atom. The first-order valence-corrected chi connectivity index (χ1v) is 7.12. The van der Waals surface area contributed by atoms with E-state index >= 15 is 0 Å². The number of carbonyl (C=O) groups is 1. The molecule has 0 spiro atoms. The van der Waals surface area contributed by atoms with Gasteiger partial charge >= 0.3 is 0 Å². The Morgan fingerprint density at radius 3 is 2.33 bits per heavy atom. The molecule has 1 amide bonds. The molecule has 0 saturated heterocycles. The van der Waals surface area contributed by atoms with Gasteiger partial charge in [0.25, 0.3) is 0 Å². The zero-order chi connectivity index (χ0) is 13.8. The van der Waals surface area contributed by atoms with Crippen LogP contribution in [0.1, 0.15) is 20.8 Å². The molecule has 100 valence electrons. The summed E-state index contributed by atoms with van der Waals surface area (Å²) in [6.45, 7) is 6.21. The molecular formula is C14H22N2OS. The van der Waals surface area contributed by atoms with Gasteiger partial charge in [-0.2, -0.15) is 0 Å². The number of rotatable bonds is 5. The van der Waals surface area contributed by atoms with Gasteiger partial charge in [-0.15, -0.1) is 11.8 Å². The van der Waals surface area contributed by atoms with E-state index in [1.807, 2.05) is 38.1 Å². The first-order valence-electron chi connectivity index (χ1n) is 6.13. The lowest BCUT2D eigenvalue weighted by molar-refractivity contribution is -0.125. The molecule has 1 aromatic rings. The highest BCUT2D eigenvalue weighted by atomic mass is 32.2. The molecule has 18 heavy (non-hydrogen) atoms. The Morgan fingerprint density at radius 2 is 1.89 bits per heavy atom. The molecule has 3 nitrogen and oxygen atoms in total. The molecule has 4 heteroatoms. The van der Waals surface area contributed by atoms with Gasteiger partial charge in [0.1, 0.15) is 0 Å². The fourth-order valence-electron chi connectivity index (χ4n) is 1.59. The molecule has 2 N–H and O–H groups in total. The van der Waals surface area contributed by atoms with Crippen LogP contribution in [-0.2, 0) is 4.79 Å². The zero-order valence-electron chi connectivity index (χ0n) is 11.6. The molecule has 0 fully saturated rings. The molecule has 0 aromatic heterocycles. The largest absolute Gasteiger partial charge is 0.329 e. The lowest BCUT2D eigenvalue weighted by atomic mass is 9.92. The Hall–Kier alpha value is -1.00. The van der Waals surface area contributed by atoms with E-state index in [-0.39, 0.29) is 5.91 Å². The van der Waals surface area contributed by atoms with E-state index in [1.54, 1.807) is 23.7 Å². The first kappa shape index (κ1) is 15.1. The third-order valence-electron chi connectivity index (χ3n) is 2.93. The van der Waals surface area contributed by atoms with Crippen molar-refractivity contribution in [1.82, 2.24) is 0 Å². The van der Waals surface area contributed by atoms with Crippen molar-refractivity contribution in [3.05, 3.63) is 24.3 Å². The highest BCUT2D eigenvalue weighted by molar-refractivity contribution is 7.99. The Labute approximate surface area is 114 Å². The number of thioether (sulfide) groups is 1. The maximum absolute atomic E-state index is 12.2. The fraction of sp³-hybridized carbons (Fsp3) is 0.500. The first-order chi connectivity index (χ1) is 8.42. The number of nitrogens with two attached hydrogens (primary N) is 1. The van der Waals surface area contributed by atoms with Crippen LogP contribution < -0.4 is 10.6 Å². The number of amides is 1. The maximum atomic E-state index is 12.2. The number of carbonyl (C=O) groups excluding carboxylic acids is 1.